The first-order valence-electron chi connectivity index (χ1n) is 13.8. The maximum atomic E-state index is 13.0. The Kier molecular flexibility index (Phi) is 14.5. The lowest BCUT2D eigenvalue weighted by Gasteiger charge is -2.23. The molecule has 0 aliphatic rings. The number of hydrogen-bond donors (Lipinski definition) is 2. The molecule has 206 valence electrons. The fourth-order valence-corrected chi connectivity index (χ4v) is 5.43. The number of nitrogens with one attached hydrogen (secondary N) is 1. The molecule has 2 atom stereocenters. The Morgan fingerprint density at radius 2 is 1.32 bits per heavy atom. The molecule has 7 heteroatoms. The molecule has 37 heavy (non-hydrogen) atoms. The number of unbranched alkanes of at least 4 members (excludes halogenated alkanes) is 11. The molecule has 0 spiro atoms. The van der Waals surface area contributed by atoms with Gasteiger partial charge in [0.25, 0.3) is 0 Å². The Morgan fingerprint density at radius 1 is 0.811 bits per heavy atom. The van der Waals surface area contributed by atoms with E-state index in [2.05, 4.69) is 11.6 Å². The summed E-state index contributed by atoms with van der Waals surface area (Å²) in [5, 5.41) is 10.9. The number of sulfonamides is 1. The molecule has 0 aliphatic carbocycles. The first-order valence-corrected chi connectivity index (χ1v) is 15.3. The second-order valence-electron chi connectivity index (χ2n) is 9.82. The van der Waals surface area contributed by atoms with E-state index >= 15 is 0 Å². The Balaban J connectivity index is 1.81. The van der Waals surface area contributed by atoms with E-state index in [1.54, 1.807) is 42.5 Å². The summed E-state index contributed by atoms with van der Waals surface area (Å²) in [5.74, 6) is -0.782. The molecule has 2 aromatic rings. The van der Waals surface area contributed by atoms with E-state index in [1.807, 2.05) is 6.92 Å². The SMILES string of the molecule is CCCCCCCCCCCCCCOC(=O)[C@H](NS(=O)(=O)c1ccc(C)cc1)[C@H](O)c1ccccc1. The molecule has 0 saturated carbocycles. The normalized spacial score (nSPS) is 13.3. The van der Waals surface area contributed by atoms with Crippen molar-refractivity contribution < 1.29 is 23.1 Å². The number of aryl methyl sites for hydroxylation is 1. The van der Waals surface area contributed by atoms with Gasteiger partial charge < -0.3 is 9.84 Å². The van der Waals surface area contributed by atoms with Crippen molar-refractivity contribution in [2.24, 2.45) is 0 Å². The van der Waals surface area contributed by atoms with Gasteiger partial charge in [0.05, 0.1) is 11.5 Å². The second kappa shape index (κ2) is 17.3. The zero-order chi connectivity index (χ0) is 26.9. The summed E-state index contributed by atoms with van der Waals surface area (Å²) in [5.41, 5.74) is 1.35. The average Bonchev–Trinajstić information content (AvgIpc) is 2.90. The standard InChI is InChI=1S/C30H45NO5S/c1-3-4-5-6-7-8-9-10-11-12-13-17-24-36-30(33)28(29(32)26-18-15-14-16-19-26)31-37(34,35)27-22-20-25(2)21-23-27/h14-16,18-23,28-29,31-32H,3-13,17,24H2,1-2H3/t28-,29-/m1/s1. The average molecular weight is 532 g/mol. The minimum absolute atomic E-state index is 0.0251. The van der Waals surface area contributed by atoms with Crippen molar-refractivity contribution in [2.45, 2.75) is 108 Å². The lowest BCUT2D eigenvalue weighted by atomic mass is 10.0. The smallest absolute Gasteiger partial charge is 0.327 e. The first kappa shape index (κ1) is 31.0. The van der Waals surface area contributed by atoms with Crippen molar-refractivity contribution in [3.63, 3.8) is 0 Å². The summed E-state index contributed by atoms with van der Waals surface area (Å²) in [4.78, 5) is 12.9. The highest BCUT2D eigenvalue weighted by atomic mass is 32.2. The summed E-state index contributed by atoms with van der Waals surface area (Å²) < 4.78 is 33.7. The number of carbonyl (C=O) groups is 1. The molecule has 0 radical (unpaired) electrons. The molecule has 0 unspecified atom stereocenters. The van der Waals surface area contributed by atoms with Gasteiger partial charge >= 0.3 is 5.97 Å². The Morgan fingerprint density at radius 3 is 1.86 bits per heavy atom. The maximum absolute atomic E-state index is 13.0. The van der Waals surface area contributed by atoms with E-state index < -0.39 is 28.1 Å². The fourth-order valence-electron chi connectivity index (χ4n) is 4.24. The van der Waals surface area contributed by atoms with Gasteiger partial charge in [0.1, 0.15) is 12.1 Å². The molecule has 0 bridgehead atoms. The van der Waals surface area contributed by atoms with Gasteiger partial charge in [-0.15, -0.1) is 0 Å². The minimum Gasteiger partial charge on any atom is -0.464 e. The molecule has 0 amide bonds. The number of benzene rings is 2. The molecular weight excluding hydrogens is 486 g/mol. The maximum Gasteiger partial charge on any atom is 0.327 e. The topological polar surface area (TPSA) is 92.7 Å². The molecule has 2 aromatic carbocycles. The van der Waals surface area contributed by atoms with Gasteiger partial charge in [-0.3, -0.25) is 4.79 Å². The van der Waals surface area contributed by atoms with Crippen molar-refractivity contribution in [1.82, 2.24) is 4.72 Å². The summed E-state index contributed by atoms with van der Waals surface area (Å²) in [6.07, 6.45) is 13.0. The Labute approximate surface area is 223 Å². The molecule has 0 heterocycles. The monoisotopic (exact) mass is 531 g/mol. The van der Waals surface area contributed by atoms with Crippen LogP contribution in [0.5, 0.6) is 0 Å². The van der Waals surface area contributed by atoms with Crippen molar-refractivity contribution in [3.8, 4) is 0 Å². The van der Waals surface area contributed by atoms with Crippen LogP contribution in [-0.2, 0) is 19.6 Å². The minimum atomic E-state index is -4.04. The van der Waals surface area contributed by atoms with E-state index in [1.165, 1.54) is 69.9 Å². The zero-order valence-electron chi connectivity index (χ0n) is 22.5. The van der Waals surface area contributed by atoms with E-state index in [9.17, 15) is 18.3 Å². The van der Waals surface area contributed by atoms with Crippen LogP contribution in [0.1, 0.15) is 101 Å². The van der Waals surface area contributed by atoms with Gasteiger partial charge in [-0.1, -0.05) is 126 Å². The van der Waals surface area contributed by atoms with Crippen LogP contribution in [0.3, 0.4) is 0 Å². The van der Waals surface area contributed by atoms with Crippen LogP contribution in [0.2, 0.25) is 0 Å². The van der Waals surface area contributed by atoms with Crippen LogP contribution in [0.4, 0.5) is 0 Å². The highest BCUT2D eigenvalue weighted by Gasteiger charge is 2.34. The van der Waals surface area contributed by atoms with Gasteiger partial charge in [0.15, 0.2) is 0 Å². The van der Waals surface area contributed by atoms with Gasteiger partial charge in [-0.05, 0) is 31.0 Å². The van der Waals surface area contributed by atoms with Crippen LogP contribution < -0.4 is 4.72 Å². The quantitative estimate of drug-likeness (QED) is 0.157. The van der Waals surface area contributed by atoms with Gasteiger partial charge in [0.2, 0.25) is 10.0 Å². The molecule has 0 aromatic heterocycles. The third-order valence-corrected chi connectivity index (χ3v) is 8.02. The highest BCUT2D eigenvalue weighted by Crippen LogP contribution is 2.21. The highest BCUT2D eigenvalue weighted by molar-refractivity contribution is 7.89. The third kappa shape index (κ3) is 11.8. The fraction of sp³-hybridized carbons (Fsp3) is 0.567. The van der Waals surface area contributed by atoms with Gasteiger partial charge in [-0.25, -0.2) is 8.42 Å². The molecule has 2 rings (SSSR count). The lowest BCUT2D eigenvalue weighted by Crippen LogP contribution is -2.46. The summed E-state index contributed by atoms with van der Waals surface area (Å²) in [6, 6.07) is 13.4. The predicted molar refractivity (Wildman–Crippen MR) is 149 cm³/mol. The second-order valence-corrected chi connectivity index (χ2v) is 11.5. The molecule has 0 aliphatic heterocycles. The Bertz CT molecular complexity index is 992. The number of rotatable bonds is 19. The van der Waals surface area contributed by atoms with Crippen molar-refractivity contribution in [1.29, 1.82) is 0 Å². The third-order valence-electron chi connectivity index (χ3n) is 6.57. The number of esters is 1. The van der Waals surface area contributed by atoms with Crippen molar-refractivity contribution >= 4 is 16.0 Å². The van der Waals surface area contributed by atoms with Crippen LogP contribution in [-0.4, -0.2) is 32.1 Å². The molecule has 6 nitrogen and oxygen atoms in total. The van der Waals surface area contributed by atoms with Crippen LogP contribution in [0, 0.1) is 6.92 Å². The van der Waals surface area contributed by atoms with E-state index in [0.29, 0.717) is 12.0 Å². The molecule has 0 fully saturated rings. The molecular formula is C30H45NO5S. The van der Waals surface area contributed by atoms with Crippen LogP contribution in [0.25, 0.3) is 0 Å². The summed E-state index contributed by atoms with van der Waals surface area (Å²) >= 11 is 0. The zero-order valence-corrected chi connectivity index (χ0v) is 23.3. The molecule has 0 saturated heterocycles. The largest absolute Gasteiger partial charge is 0.464 e. The van der Waals surface area contributed by atoms with E-state index in [4.69, 9.17) is 4.74 Å². The van der Waals surface area contributed by atoms with E-state index in [0.717, 1.165) is 18.4 Å². The number of hydrogen-bond acceptors (Lipinski definition) is 5. The molecule has 2 N–H and O–H groups in total. The number of ether oxygens (including phenoxy) is 1. The van der Waals surface area contributed by atoms with Gasteiger partial charge in [0, 0.05) is 0 Å². The van der Waals surface area contributed by atoms with Crippen LogP contribution >= 0.6 is 0 Å². The van der Waals surface area contributed by atoms with Crippen LogP contribution in [0.15, 0.2) is 59.5 Å². The first-order chi connectivity index (χ1) is 17.8. The Hall–Kier alpha value is -2.22. The van der Waals surface area contributed by atoms with Crippen molar-refractivity contribution in [3.05, 3.63) is 65.7 Å². The lowest BCUT2D eigenvalue weighted by molar-refractivity contribution is -0.148. The summed E-state index contributed by atoms with van der Waals surface area (Å²) in [7, 11) is -4.04. The predicted octanol–water partition coefficient (Wildman–Crippen LogP) is 6.62. The van der Waals surface area contributed by atoms with E-state index in [-0.39, 0.29) is 11.5 Å². The van der Waals surface area contributed by atoms with Crippen molar-refractivity contribution in [2.75, 3.05) is 6.61 Å². The van der Waals surface area contributed by atoms with Gasteiger partial charge in [-0.2, -0.15) is 4.72 Å². The summed E-state index contributed by atoms with van der Waals surface area (Å²) in [6.45, 7) is 4.29. The number of aliphatic hydroxyl groups excluding tert-OH is 1. The number of aliphatic hydroxyl groups is 1. The number of carbonyl (C=O) groups excluding carboxylic acids is 1.